The van der Waals surface area contributed by atoms with Crippen molar-refractivity contribution in [2.75, 3.05) is 0 Å². The van der Waals surface area contributed by atoms with Crippen LogP contribution in [-0.4, -0.2) is 4.98 Å². The van der Waals surface area contributed by atoms with E-state index in [0.29, 0.717) is 0 Å². The molecule has 2 heterocycles. The molecule has 0 saturated heterocycles. The van der Waals surface area contributed by atoms with E-state index in [2.05, 4.69) is 17.2 Å². The first kappa shape index (κ1) is 11.6. The molecule has 2 nitrogen and oxygen atoms in total. The molecule has 0 saturated carbocycles. The van der Waals surface area contributed by atoms with Crippen LogP contribution in [0.2, 0.25) is 4.34 Å². The van der Waals surface area contributed by atoms with E-state index in [0.717, 1.165) is 16.6 Å². The standard InChI is InChI=1S/C12H13ClN2S/c1-9(11-4-2-3-7-14-11)15-8-10-5-6-12(13)16-10/h2-7,9,15H,8H2,1H3/t9-/m0/s1. The lowest BCUT2D eigenvalue weighted by Gasteiger charge is -2.11. The molecule has 0 aliphatic carbocycles. The van der Waals surface area contributed by atoms with Gasteiger partial charge in [0.2, 0.25) is 0 Å². The topological polar surface area (TPSA) is 24.9 Å². The van der Waals surface area contributed by atoms with Gasteiger partial charge >= 0.3 is 0 Å². The molecular formula is C12H13ClN2S. The third-order valence-corrected chi connectivity index (χ3v) is 3.57. The van der Waals surface area contributed by atoms with Crippen LogP contribution in [0.1, 0.15) is 23.5 Å². The average Bonchev–Trinajstić information content (AvgIpc) is 2.73. The van der Waals surface area contributed by atoms with Crippen LogP contribution in [0.25, 0.3) is 0 Å². The second-order valence-corrected chi connectivity index (χ2v) is 5.36. The summed E-state index contributed by atoms with van der Waals surface area (Å²) in [6.07, 6.45) is 1.82. The SMILES string of the molecule is C[C@H](NCc1ccc(Cl)s1)c1ccccn1. The van der Waals surface area contributed by atoms with Crippen LogP contribution in [0.5, 0.6) is 0 Å². The van der Waals surface area contributed by atoms with Crippen molar-refractivity contribution in [2.45, 2.75) is 19.5 Å². The minimum absolute atomic E-state index is 0.252. The monoisotopic (exact) mass is 252 g/mol. The molecule has 1 atom stereocenters. The van der Waals surface area contributed by atoms with E-state index in [9.17, 15) is 0 Å². The molecule has 2 aromatic rings. The van der Waals surface area contributed by atoms with Crippen molar-refractivity contribution in [3.8, 4) is 0 Å². The van der Waals surface area contributed by atoms with Crippen molar-refractivity contribution < 1.29 is 0 Å². The number of hydrogen-bond donors (Lipinski definition) is 1. The number of halogens is 1. The van der Waals surface area contributed by atoms with E-state index in [4.69, 9.17) is 11.6 Å². The van der Waals surface area contributed by atoms with Crippen LogP contribution in [0.15, 0.2) is 36.5 Å². The van der Waals surface area contributed by atoms with Crippen LogP contribution < -0.4 is 5.32 Å². The fourth-order valence-corrected chi connectivity index (χ4v) is 2.48. The molecular weight excluding hydrogens is 240 g/mol. The first-order valence-corrected chi connectivity index (χ1v) is 6.33. The van der Waals surface area contributed by atoms with Gasteiger partial charge in [-0.25, -0.2) is 0 Å². The van der Waals surface area contributed by atoms with Gasteiger partial charge in [0.15, 0.2) is 0 Å². The molecule has 0 aromatic carbocycles. The highest BCUT2D eigenvalue weighted by Crippen LogP contribution is 2.21. The number of rotatable bonds is 4. The fraction of sp³-hybridized carbons (Fsp3) is 0.250. The second kappa shape index (κ2) is 5.43. The Morgan fingerprint density at radius 1 is 1.38 bits per heavy atom. The van der Waals surface area contributed by atoms with E-state index in [1.165, 1.54) is 4.88 Å². The van der Waals surface area contributed by atoms with Crippen LogP contribution in [0.3, 0.4) is 0 Å². The minimum Gasteiger partial charge on any atom is -0.304 e. The molecule has 1 N–H and O–H groups in total. The predicted octanol–water partition coefficient (Wildman–Crippen LogP) is 3.65. The van der Waals surface area contributed by atoms with Crippen molar-refractivity contribution in [1.29, 1.82) is 0 Å². The summed E-state index contributed by atoms with van der Waals surface area (Å²) in [6, 6.07) is 10.2. The molecule has 0 fully saturated rings. The maximum Gasteiger partial charge on any atom is 0.0931 e. The quantitative estimate of drug-likeness (QED) is 0.899. The van der Waals surface area contributed by atoms with Gasteiger partial charge in [-0.05, 0) is 31.2 Å². The molecule has 0 aliphatic rings. The van der Waals surface area contributed by atoms with E-state index < -0.39 is 0 Å². The van der Waals surface area contributed by atoms with Gasteiger partial charge in [-0.1, -0.05) is 17.7 Å². The largest absolute Gasteiger partial charge is 0.304 e. The van der Waals surface area contributed by atoms with Crippen LogP contribution in [0, 0.1) is 0 Å². The highest BCUT2D eigenvalue weighted by molar-refractivity contribution is 7.16. The lowest BCUT2D eigenvalue weighted by atomic mass is 10.2. The molecule has 16 heavy (non-hydrogen) atoms. The van der Waals surface area contributed by atoms with Crippen LogP contribution in [-0.2, 0) is 6.54 Å². The maximum atomic E-state index is 5.87. The fourth-order valence-electron chi connectivity index (χ4n) is 1.44. The second-order valence-electron chi connectivity index (χ2n) is 3.56. The zero-order valence-corrected chi connectivity index (χ0v) is 10.6. The molecule has 2 aromatic heterocycles. The number of pyridine rings is 1. The maximum absolute atomic E-state index is 5.87. The molecule has 4 heteroatoms. The number of nitrogens with zero attached hydrogens (tertiary/aromatic N) is 1. The van der Waals surface area contributed by atoms with Gasteiger partial charge in [0.1, 0.15) is 0 Å². The van der Waals surface area contributed by atoms with Crippen LogP contribution in [0.4, 0.5) is 0 Å². The summed E-state index contributed by atoms with van der Waals surface area (Å²) in [6.45, 7) is 2.94. The summed E-state index contributed by atoms with van der Waals surface area (Å²) in [5.74, 6) is 0. The molecule has 0 bridgehead atoms. The number of thiophene rings is 1. The summed E-state index contributed by atoms with van der Waals surface area (Å²) in [4.78, 5) is 5.55. The highest BCUT2D eigenvalue weighted by Gasteiger charge is 2.06. The van der Waals surface area contributed by atoms with Gasteiger partial charge in [0.25, 0.3) is 0 Å². The molecule has 0 spiro atoms. The molecule has 0 radical (unpaired) electrons. The van der Waals surface area contributed by atoms with Crippen molar-refractivity contribution in [2.24, 2.45) is 0 Å². The van der Waals surface area contributed by atoms with Gasteiger partial charge in [0, 0.05) is 23.7 Å². The normalized spacial score (nSPS) is 12.6. The highest BCUT2D eigenvalue weighted by atomic mass is 35.5. The summed E-state index contributed by atoms with van der Waals surface area (Å²) in [5.41, 5.74) is 1.06. The van der Waals surface area contributed by atoms with Gasteiger partial charge < -0.3 is 5.32 Å². The van der Waals surface area contributed by atoms with Gasteiger partial charge in [0.05, 0.1) is 10.0 Å². The van der Waals surface area contributed by atoms with E-state index in [-0.39, 0.29) is 6.04 Å². The summed E-state index contributed by atoms with van der Waals surface area (Å²) < 4.78 is 0.835. The van der Waals surface area contributed by atoms with Gasteiger partial charge in [-0.15, -0.1) is 11.3 Å². The Morgan fingerprint density at radius 2 is 2.25 bits per heavy atom. The Kier molecular flexibility index (Phi) is 3.93. The molecule has 0 amide bonds. The van der Waals surface area contributed by atoms with Crippen molar-refractivity contribution in [1.82, 2.24) is 10.3 Å². The van der Waals surface area contributed by atoms with Crippen LogP contribution >= 0.6 is 22.9 Å². The van der Waals surface area contributed by atoms with E-state index in [1.807, 2.05) is 36.5 Å². The number of hydrogen-bond acceptors (Lipinski definition) is 3. The lowest BCUT2D eigenvalue weighted by Crippen LogP contribution is -2.18. The first-order chi connectivity index (χ1) is 7.75. The minimum atomic E-state index is 0.252. The molecule has 0 unspecified atom stereocenters. The molecule has 2 rings (SSSR count). The third kappa shape index (κ3) is 3.04. The van der Waals surface area contributed by atoms with Crippen molar-refractivity contribution >= 4 is 22.9 Å². The Bertz CT molecular complexity index is 441. The predicted molar refractivity (Wildman–Crippen MR) is 68.8 cm³/mol. The Hall–Kier alpha value is -0.900. The zero-order valence-electron chi connectivity index (χ0n) is 8.98. The summed E-state index contributed by atoms with van der Waals surface area (Å²) in [5, 5.41) is 3.42. The number of aromatic nitrogens is 1. The summed E-state index contributed by atoms with van der Waals surface area (Å²) in [7, 11) is 0. The van der Waals surface area contributed by atoms with E-state index in [1.54, 1.807) is 11.3 Å². The lowest BCUT2D eigenvalue weighted by molar-refractivity contribution is 0.565. The molecule has 0 aliphatic heterocycles. The van der Waals surface area contributed by atoms with Crippen molar-refractivity contribution in [3.05, 3.63) is 51.4 Å². The number of nitrogens with one attached hydrogen (secondary N) is 1. The van der Waals surface area contributed by atoms with E-state index >= 15 is 0 Å². The average molecular weight is 253 g/mol. The zero-order chi connectivity index (χ0) is 11.4. The Balaban J connectivity index is 1.91. The van der Waals surface area contributed by atoms with Gasteiger partial charge in [-0.3, -0.25) is 4.98 Å². The Morgan fingerprint density at radius 3 is 2.88 bits per heavy atom. The Labute approximate surface area is 104 Å². The van der Waals surface area contributed by atoms with Gasteiger partial charge in [-0.2, -0.15) is 0 Å². The molecule has 84 valence electrons. The first-order valence-electron chi connectivity index (χ1n) is 5.14. The smallest absolute Gasteiger partial charge is 0.0931 e. The summed E-state index contributed by atoms with van der Waals surface area (Å²) >= 11 is 7.48. The third-order valence-electron chi connectivity index (χ3n) is 2.34. The van der Waals surface area contributed by atoms with Crippen molar-refractivity contribution in [3.63, 3.8) is 0 Å².